The van der Waals surface area contributed by atoms with Crippen molar-refractivity contribution < 1.29 is 9.22 Å². The van der Waals surface area contributed by atoms with E-state index in [2.05, 4.69) is 52.0 Å². The van der Waals surface area contributed by atoms with Crippen LogP contribution in [-0.4, -0.2) is 31.7 Å². The Morgan fingerprint density at radius 2 is 1.74 bits per heavy atom. The smallest absolute Gasteiger partial charge is 0.148 e. The summed E-state index contributed by atoms with van der Waals surface area (Å²) in [7, 11) is 4.33. The second-order valence-electron chi connectivity index (χ2n) is 6.07. The largest absolute Gasteiger partial charge is 0.485 e. The molecule has 0 unspecified atom stereocenters. The number of halogens is 3. The lowest BCUT2D eigenvalue weighted by atomic mass is 10.2. The predicted octanol–water partition coefficient (Wildman–Crippen LogP) is 5.10. The highest BCUT2D eigenvalue weighted by Crippen LogP contribution is 2.35. The lowest BCUT2D eigenvalue weighted by Crippen LogP contribution is -2.42. The van der Waals surface area contributed by atoms with E-state index in [0.29, 0.717) is 12.3 Å². The van der Waals surface area contributed by atoms with E-state index in [1.165, 1.54) is 0 Å². The Kier molecular flexibility index (Phi) is 6.37. The van der Waals surface area contributed by atoms with Crippen molar-refractivity contribution in [2.45, 2.75) is 6.54 Å². The molecule has 2 aromatic carbocycles. The van der Waals surface area contributed by atoms with E-state index in [-0.39, 0.29) is 0 Å². The minimum Gasteiger partial charge on any atom is -0.485 e. The van der Waals surface area contributed by atoms with Gasteiger partial charge in [-0.15, -0.1) is 0 Å². The number of hydrogen-bond donors (Lipinski definition) is 1. The summed E-state index contributed by atoms with van der Waals surface area (Å²) < 4.78 is 8.41. The van der Waals surface area contributed by atoms with Crippen molar-refractivity contribution in [1.29, 1.82) is 0 Å². The van der Waals surface area contributed by atoms with Crippen LogP contribution < -0.4 is 10.5 Å². The highest BCUT2D eigenvalue weighted by Gasteiger charge is 2.18. The van der Waals surface area contributed by atoms with Crippen molar-refractivity contribution in [3.05, 3.63) is 55.9 Å². The van der Waals surface area contributed by atoms with Gasteiger partial charge in [0, 0.05) is 16.3 Å². The first-order chi connectivity index (χ1) is 10.8. The van der Waals surface area contributed by atoms with E-state index in [9.17, 15) is 0 Å². The number of quaternary nitrogens is 1. The van der Waals surface area contributed by atoms with Gasteiger partial charge in [-0.2, -0.15) is 0 Å². The molecule has 124 valence electrons. The van der Waals surface area contributed by atoms with Crippen LogP contribution in [0.15, 0.2) is 45.3 Å². The summed E-state index contributed by atoms with van der Waals surface area (Å²) in [5.74, 6) is 0.775. The van der Waals surface area contributed by atoms with E-state index < -0.39 is 0 Å². The molecule has 3 nitrogen and oxygen atoms in total. The molecule has 0 amide bonds. The molecule has 0 saturated carbocycles. The molecule has 6 heteroatoms. The Labute approximate surface area is 159 Å². The van der Waals surface area contributed by atoms with Crippen LogP contribution in [-0.2, 0) is 6.54 Å². The SMILES string of the molecule is C[N+](C)(CCOc1c(Br)cc(N)cc1Br)Cc1ccccc1Cl. The van der Waals surface area contributed by atoms with Crippen molar-refractivity contribution in [1.82, 2.24) is 0 Å². The van der Waals surface area contributed by atoms with Crippen molar-refractivity contribution in [2.75, 3.05) is 33.0 Å². The standard InChI is InChI=1S/C17H20Br2ClN2O/c1-22(2,11-12-5-3-4-6-16(12)20)7-8-23-17-14(18)9-13(21)10-15(17)19/h3-6,9-10H,7-8,11,21H2,1-2H3/q+1. The molecule has 0 radical (unpaired) electrons. The molecular formula is C17H20Br2ClN2O+. The van der Waals surface area contributed by atoms with Gasteiger partial charge in [0.1, 0.15) is 25.4 Å². The van der Waals surface area contributed by atoms with Crippen LogP contribution in [0, 0.1) is 0 Å². The highest BCUT2D eigenvalue weighted by molar-refractivity contribution is 9.11. The maximum absolute atomic E-state index is 6.25. The summed E-state index contributed by atoms with van der Waals surface area (Å²) in [6.45, 7) is 2.31. The van der Waals surface area contributed by atoms with Crippen molar-refractivity contribution >= 4 is 49.1 Å². The van der Waals surface area contributed by atoms with E-state index >= 15 is 0 Å². The average Bonchev–Trinajstić information content (AvgIpc) is 2.44. The molecule has 2 N–H and O–H groups in total. The maximum atomic E-state index is 6.25. The third-order valence-corrected chi connectivity index (χ3v) is 5.07. The Balaban J connectivity index is 1.96. The van der Waals surface area contributed by atoms with E-state index in [0.717, 1.165) is 42.9 Å². The summed E-state index contributed by atoms with van der Waals surface area (Å²) in [5.41, 5.74) is 7.63. The van der Waals surface area contributed by atoms with Crippen LogP contribution in [0.5, 0.6) is 5.75 Å². The summed E-state index contributed by atoms with van der Waals surface area (Å²) in [4.78, 5) is 0. The molecule has 0 heterocycles. The molecule has 0 aliphatic heterocycles. The number of rotatable bonds is 6. The van der Waals surface area contributed by atoms with E-state index in [4.69, 9.17) is 22.1 Å². The molecule has 0 spiro atoms. The van der Waals surface area contributed by atoms with Crippen LogP contribution in [0.4, 0.5) is 5.69 Å². The molecule has 0 atom stereocenters. The number of anilines is 1. The minimum atomic E-state index is 0.596. The van der Waals surface area contributed by atoms with Crippen LogP contribution in [0.3, 0.4) is 0 Å². The fourth-order valence-corrected chi connectivity index (χ4v) is 3.93. The van der Waals surface area contributed by atoms with Crippen molar-refractivity contribution in [3.8, 4) is 5.75 Å². The van der Waals surface area contributed by atoms with Gasteiger partial charge < -0.3 is 15.0 Å². The normalized spacial score (nSPS) is 11.5. The Morgan fingerprint density at radius 1 is 1.13 bits per heavy atom. The van der Waals surface area contributed by atoms with Crippen LogP contribution >= 0.6 is 43.5 Å². The molecule has 23 heavy (non-hydrogen) atoms. The predicted molar refractivity (Wildman–Crippen MR) is 104 cm³/mol. The molecule has 2 aromatic rings. The molecule has 0 bridgehead atoms. The number of nitrogens with two attached hydrogens (primary N) is 1. The number of benzene rings is 2. The number of nitrogen functional groups attached to an aromatic ring is 1. The fraction of sp³-hybridized carbons (Fsp3) is 0.294. The average molecular weight is 464 g/mol. The number of nitrogens with zero attached hydrogens (tertiary/aromatic N) is 1. The van der Waals surface area contributed by atoms with Gasteiger partial charge in [0.2, 0.25) is 0 Å². The summed E-state index contributed by atoms with van der Waals surface area (Å²) >= 11 is 13.2. The van der Waals surface area contributed by atoms with Gasteiger partial charge in [-0.1, -0.05) is 29.8 Å². The first-order valence-electron chi connectivity index (χ1n) is 7.21. The molecule has 0 aliphatic carbocycles. The van der Waals surface area contributed by atoms with Crippen LogP contribution in [0.25, 0.3) is 0 Å². The molecule has 2 rings (SSSR count). The van der Waals surface area contributed by atoms with Crippen molar-refractivity contribution in [3.63, 3.8) is 0 Å². The third kappa shape index (κ3) is 5.38. The highest BCUT2D eigenvalue weighted by atomic mass is 79.9. The molecule has 0 saturated heterocycles. The third-order valence-electron chi connectivity index (χ3n) is 3.52. The van der Waals surface area contributed by atoms with E-state index in [1.54, 1.807) is 0 Å². The number of hydrogen-bond acceptors (Lipinski definition) is 2. The second kappa shape index (κ2) is 7.88. The minimum absolute atomic E-state index is 0.596. The lowest BCUT2D eigenvalue weighted by molar-refractivity contribution is -0.903. The second-order valence-corrected chi connectivity index (χ2v) is 8.19. The van der Waals surface area contributed by atoms with Gasteiger partial charge in [0.15, 0.2) is 0 Å². The molecule has 0 aromatic heterocycles. The van der Waals surface area contributed by atoms with Gasteiger partial charge in [-0.05, 0) is 50.1 Å². The number of ether oxygens (including phenoxy) is 1. The van der Waals surface area contributed by atoms with Gasteiger partial charge in [-0.25, -0.2) is 0 Å². The maximum Gasteiger partial charge on any atom is 0.148 e. The summed E-state index contributed by atoms with van der Waals surface area (Å²) in [5, 5.41) is 0.809. The zero-order valence-electron chi connectivity index (χ0n) is 13.2. The molecular weight excluding hydrogens is 443 g/mol. The Morgan fingerprint density at radius 3 is 2.35 bits per heavy atom. The summed E-state index contributed by atoms with van der Waals surface area (Å²) in [6, 6.07) is 11.6. The monoisotopic (exact) mass is 461 g/mol. The molecule has 0 fully saturated rings. The topological polar surface area (TPSA) is 35.2 Å². The number of likely N-dealkylation sites (N-methyl/N-ethyl adjacent to an activating group) is 1. The summed E-state index contributed by atoms with van der Waals surface area (Å²) in [6.07, 6.45) is 0. The Hall–Kier alpha value is -0.750. The fourth-order valence-electron chi connectivity index (χ4n) is 2.28. The zero-order chi connectivity index (χ0) is 17.0. The van der Waals surface area contributed by atoms with Gasteiger partial charge in [0.05, 0.1) is 23.0 Å². The van der Waals surface area contributed by atoms with Crippen LogP contribution in [0.1, 0.15) is 5.56 Å². The van der Waals surface area contributed by atoms with E-state index in [1.807, 2.05) is 30.3 Å². The van der Waals surface area contributed by atoms with Gasteiger partial charge >= 0.3 is 0 Å². The van der Waals surface area contributed by atoms with Crippen LogP contribution in [0.2, 0.25) is 5.02 Å². The van der Waals surface area contributed by atoms with Gasteiger partial charge in [-0.3, -0.25) is 0 Å². The van der Waals surface area contributed by atoms with Gasteiger partial charge in [0.25, 0.3) is 0 Å². The first-order valence-corrected chi connectivity index (χ1v) is 9.17. The first kappa shape index (κ1) is 18.6. The Bertz CT molecular complexity index is 669. The quantitative estimate of drug-likeness (QED) is 0.478. The van der Waals surface area contributed by atoms with Crippen molar-refractivity contribution in [2.24, 2.45) is 0 Å². The zero-order valence-corrected chi connectivity index (χ0v) is 17.1. The molecule has 0 aliphatic rings. The lowest BCUT2D eigenvalue weighted by Gasteiger charge is -2.30.